The first-order valence-electron chi connectivity index (χ1n) is 5.92. The summed E-state index contributed by atoms with van der Waals surface area (Å²) in [5.74, 6) is 0.0939. The second-order valence-corrected chi connectivity index (χ2v) is 5.12. The van der Waals surface area contributed by atoms with Crippen molar-refractivity contribution < 1.29 is 8.81 Å². The molecule has 3 rings (SSSR count). The molecule has 1 aromatic heterocycles. The Labute approximate surface area is 119 Å². The van der Waals surface area contributed by atoms with Crippen LogP contribution < -0.4 is 0 Å². The molecule has 20 heavy (non-hydrogen) atoms. The van der Waals surface area contributed by atoms with Crippen molar-refractivity contribution in [1.82, 2.24) is 4.98 Å². The lowest BCUT2D eigenvalue weighted by atomic mass is 10.1. The van der Waals surface area contributed by atoms with Gasteiger partial charge in [-0.05, 0) is 35.9 Å². The van der Waals surface area contributed by atoms with Gasteiger partial charge in [0.15, 0.2) is 5.58 Å². The fraction of sp³-hybridized carbons (Fsp3) is 0.0667. The largest absolute Gasteiger partial charge is 0.431 e. The van der Waals surface area contributed by atoms with E-state index in [0.29, 0.717) is 16.5 Å². The topological polar surface area (TPSA) is 49.8 Å². The van der Waals surface area contributed by atoms with Crippen LogP contribution in [0.4, 0.5) is 4.39 Å². The second-order valence-electron chi connectivity index (χ2n) is 4.20. The minimum atomic E-state index is -0.405. The highest BCUT2D eigenvalue weighted by Gasteiger charge is 2.07. The van der Waals surface area contributed by atoms with E-state index in [9.17, 15) is 4.39 Å². The minimum Gasteiger partial charge on any atom is -0.431 e. The molecule has 0 fully saturated rings. The van der Waals surface area contributed by atoms with Crippen molar-refractivity contribution in [2.24, 2.45) is 0 Å². The molecule has 0 saturated carbocycles. The monoisotopic (exact) mass is 284 g/mol. The van der Waals surface area contributed by atoms with Crippen molar-refractivity contribution in [3.8, 4) is 6.07 Å². The third kappa shape index (κ3) is 2.65. The van der Waals surface area contributed by atoms with E-state index < -0.39 is 5.82 Å². The summed E-state index contributed by atoms with van der Waals surface area (Å²) in [7, 11) is 0. The van der Waals surface area contributed by atoms with Crippen molar-refractivity contribution in [1.29, 1.82) is 5.26 Å². The lowest BCUT2D eigenvalue weighted by Gasteiger charge is -2.00. The van der Waals surface area contributed by atoms with Crippen LogP contribution in [0.5, 0.6) is 0 Å². The SMILES string of the molecule is N#Cc1cc(F)cc(CSc2nc3ccccc3o2)c1. The Morgan fingerprint density at radius 3 is 2.90 bits per heavy atom. The van der Waals surface area contributed by atoms with Gasteiger partial charge in [0.25, 0.3) is 5.22 Å². The van der Waals surface area contributed by atoms with Gasteiger partial charge in [-0.1, -0.05) is 23.9 Å². The van der Waals surface area contributed by atoms with Crippen LogP contribution in [-0.4, -0.2) is 4.98 Å². The molecule has 0 aliphatic rings. The molecule has 5 heteroatoms. The number of benzene rings is 2. The van der Waals surface area contributed by atoms with Gasteiger partial charge in [0.1, 0.15) is 11.3 Å². The number of nitrogens with zero attached hydrogens (tertiary/aromatic N) is 2. The van der Waals surface area contributed by atoms with Gasteiger partial charge in [0, 0.05) is 5.75 Å². The molecule has 1 heterocycles. The molecule has 98 valence electrons. The van der Waals surface area contributed by atoms with Gasteiger partial charge in [-0.15, -0.1) is 0 Å². The van der Waals surface area contributed by atoms with E-state index in [2.05, 4.69) is 4.98 Å². The van der Waals surface area contributed by atoms with Crippen molar-refractivity contribution in [2.45, 2.75) is 11.0 Å². The van der Waals surface area contributed by atoms with Crippen LogP contribution in [-0.2, 0) is 5.75 Å². The maximum absolute atomic E-state index is 13.3. The van der Waals surface area contributed by atoms with Gasteiger partial charge in [-0.25, -0.2) is 9.37 Å². The minimum absolute atomic E-state index is 0.318. The third-order valence-corrected chi connectivity index (χ3v) is 3.62. The third-order valence-electron chi connectivity index (χ3n) is 2.72. The second kappa shape index (κ2) is 5.35. The summed E-state index contributed by atoms with van der Waals surface area (Å²) in [6.45, 7) is 0. The lowest BCUT2D eigenvalue weighted by Crippen LogP contribution is -1.86. The van der Waals surface area contributed by atoms with Crippen LogP contribution in [0.2, 0.25) is 0 Å². The van der Waals surface area contributed by atoms with Crippen LogP contribution in [0, 0.1) is 17.1 Å². The average Bonchev–Trinajstić information content (AvgIpc) is 2.87. The number of aromatic nitrogens is 1. The zero-order chi connectivity index (χ0) is 13.9. The van der Waals surface area contributed by atoms with Crippen LogP contribution in [0.1, 0.15) is 11.1 Å². The molecule has 0 N–H and O–H groups in total. The summed E-state index contributed by atoms with van der Waals surface area (Å²) in [5.41, 5.74) is 2.57. The van der Waals surface area contributed by atoms with Crippen LogP contribution in [0.3, 0.4) is 0 Å². The lowest BCUT2D eigenvalue weighted by molar-refractivity contribution is 0.489. The summed E-state index contributed by atoms with van der Waals surface area (Å²) in [6, 6.07) is 13.7. The number of oxazole rings is 1. The molecule has 0 atom stereocenters. The van der Waals surface area contributed by atoms with E-state index in [1.54, 1.807) is 6.07 Å². The smallest absolute Gasteiger partial charge is 0.257 e. The summed E-state index contributed by atoms with van der Waals surface area (Å²) >= 11 is 1.37. The number of hydrogen-bond donors (Lipinski definition) is 0. The van der Waals surface area contributed by atoms with E-state index >= 15 is 0 Å². The zero-order valence-corrected chi connectivity index (χ0v) is 11.2. The summed E-state index contributed by atoms with van der Waals surface area (Å²) < 4.78 is 18.9. The molecule has 3 nitrogen and oxygen atoms in total. The highest BCUT2D eigenvalue weighted by Crippen LogP contribution is 2.26. The normalized spacial score (nSPS) is 10.6. The molecule has 0 bridgehead atoms. The average molecular weight is 284 g/mol. The van der Waals surface area contributed by atoms with Gasteiger partial charge >= 0.3 is 0 Å². The number of para-hydroxylation sites is 2. The maximum atomic E-state index is 13.3. The van der Waals surface area contributed by atoms with Crippen molar-refractivity contribution in [3.05, 3.63) is 59.4 Å². The highest BCUT2D eigenvalue weighted by atomic mass is 32.2. The molecule has 0 spiro atoms. The first-order chi connectivity index (χ1) is 9.74. The molecular formula is C15H9FN2OS. The Morgan fingerprint density at radius 2 is 2.10 bits per heavy atom. The fourth-order valence-electron chi connectivity index (χ4n) is 1.86. The van der Waals surface area contributed by atoms with Gasteiger partial charge in [-0.3, -0.25) is 0 Å². The molecular weight excluding hydrogens is 275 g/mol. The molecule has 2 aromatic carbocycles. The Balaban J connectivity index is 1.79. The molecule has 0 radical (unpaired) electrons. The van der Waals surface area contributed by atoms with Gasteiger partial charge in [0.2, 0.25) is 0 Å². The number of hydrogen-bond acceptors (Lipinski definition) is 4. The number of rotatable bonds is 3. The van der Waals surface area contributed by atoms with E-state index in [4.69, 9.17) is 9.68 Å². The van der Waals surface area contributed by atoms with E-state index in [1.165, 1.54) is 23.9 Å². The van der Waals surface area contributed by atoms with Crippen LogP contribution in [0.25, 0.3) is 11.1 Å². The Morgan fingerprint density at radius 1 is 1.25 bits per heavy atom. The Kier molecular flexibility index (Phi) is 3.40. The van der Waals surface area contributed by atoms with Gasteiger partial charge in [0.05, 0.1) is 11.6 Å². The van der Waals surface area contributed by atoms with Crippen molar-refractivity contribution in [3.63, 3.8) is 0 Å². The van der Waals surface area contributed by atoms with Crippen LogP contribution >= 0.6 is 11.8 Å². The van der Waals surface area contributed by atoms with Crippen LogP contribution in [0.15, 0.2) is 52.1 Å². The van der Waals surface area contributed by atoms with E-state index in [0.717, 1.165) is 16.7 Å². The molecule has 0 aliphatic heterocycles. The molecule has 0 unspecified atom stereocenters. The number of fused-ring (bicyclic) bond motifs is 1. The molecule has 3 aromatic rings. The molecule has 0 amide bonds. The molecule has 0 aliphatic carbocycles. The summed E-state index contributed by atoms with van der Waals surface area (Å²) in [5, 5.41) is 9.35. The standard InChI is InChI=1S/C15H9FN2OS/c16-12-6-10(8-17)5-11(7-12)9-20-15-18-13-3-1-2-4-14(13)19-15/h1-7H,9H2. The molecule has 0 saturated heterocycles. The summed E-state index contributed by atoms with van der Waals surface area (Å²) in [4.78, 5) is 4.33. The van der Waals surface area contributed by atoms with E-state index in [-0.39, 0.29) is 0 Å². The maximum Gasteiger partial charge on any atom is 0.257 e. The van der Waals surface area contributed by atoms with Gasteiger partial charge < -0.3 is 4.42 Å². The number of nitriles is 1. The predicted octanol–water partition coefficient (Wildman–Crippen LogP) is 4.13. The number of thioether (sulfide) groups is 1. The fourth-order valence-corrected chi connectivity index (χ4v) is 2.62. The zero-order valence-electron chi connectivity index (χ0n) is 10.3. The van der Waals surface area contributed by atoms with Crippen molar-refractivity contribution >= 4 is 22.9 Å². The van der Waals surface area contributed by atoms with E-state index in [1.807, 2.05) is 30.3 Å². The first kappa shape index (κ1) is 12.7. The predicted molar refractivity (Wildman–Crippen MR) is 74.7 cm³/mol. The number of halogens is 1. The van der Waals surface area contributed by atoms with Gasteiger partial charge in [-0.2, -0.15) is 5.26 Å². The quantitative estimate of drug-likeness (QED) is 0.678. The Bertz CT molecular complexity index is 774. The Hall–Kier alpha value is -2.32. The first-order valence-corrected chi connectivity index (χ1v) is 6.91. The van der Waals surface area contributed by atoms with Crippen molar-refractivity contribution in [2.75, 3.05) is 0 Å². The highest BCUT2D eigenvalue weighted by molar-refractivity contribution is 7.98. The summed E-state index contributed by atoms with van der Waals surface area (Å²) in [6.07, 6.45) is 0.